The van der Waals surface area contributed by atoms with E-state index in [1.807, 2.05) is 32.0 Å². The van der Waals surface area contributed by atoms with Gasteiger partial charge in [-0.15, -0.1) is 0 Å². The van der Waals surface area contributed by atoms with Crippen LogP contribution in [0.4, 0.5) is 11.4 Å². The summed E-state index contributed by atoms with van der Waals surface area (Å²) in [5, 5.41) is 9.98. The van der Waals surface area contributed by atoms with E-state index < -0.39 is 0 Å². The molecule has 5 heteroatoms. The molecule has 0 saturated carbocycles. The molecular weight excluding hydrogens is 202 g/mol. The Bertz CT molecular complexity index is 443. The third-order valence-corrected chi connectivity index (χ3v) is 2.51. The van der Waals surface area contributed by atoms with E-state index in [1.165, 1.54) is 6.33 Å². The van der Waals surface area contributed by atoms with Crippen LogP contribution >= 0.6 is 0 Å². The SMILES string of the molecule is Cc1cccc(N)c1NC(C)c1ncn[nH]1. The highest BCUT2D eigenvalue weighted by molar-refractivity contribution is 5.70. The Morgan fingerprint density at radius 1 is 1.44 bits per heavy atom. The van der Waals surface area contributed by atoms with E-state index in [0.717, 1.165) is 22.8 Å². The zero-order valence-corrected chi connectivity index (χ0v) is 9.36. The number of benzene rings is 1. The van der Waals surface area contributed by atoms with Gasteiger partial charge in [-0.2, -0.15) is 5.10 Å². The van der Waals surface area contributed by atoms with Crippen LogP contribution in [0.5, 0.6) is 0 Å². The number of rotatable bonds is 3. The number of aromatic amines is 1. The number of nitrogens with two attached hydrogens (primary N) is 1. The van der Waals surface area contributed by atoms with Crippen LogP contribution in [-0.2, 0) is 0 Å². The van der Waals surface area contributed by atoms with E-state index in [1.54, 1.807) is 0 Å². The molecule has 1 unspecified atom stereocenters. The molecule has 1 aromatic carbocycles. The highest BCUT2D eigenvalue weighted by Gasteiger charge is 2.10. The van der Waals surface area contributed by atoms with Gasteiger partial charge in [0.05, 0.1) is 17.4 Å². The molecule has 0 aliphatic heterocycles. The number of aryl methyl sites for hydroxylation is 1. The molecule has 0 saturated heterocycles. The Balaban J connectivity index is 2.21. The van der Waals surface area contributed by atoms with Crippen molar-refractivity contribution in [2.45, 2.75) is 19.9 Å². The van der Waals surface area contributed by atoms with Gasteiger partial charge in [-0.25, -0.2) is 4.98 Å². The zero-order valence-electron chi connectivity index (χ0n) is 9.36. The van der Waals surface area contributed by atoms with E-state index in [9.17, 15) is 0 Å². The van der Waals surface area contributed by atoms with E-state index in [4.69, 9.17) is 5.73 Å². The van der Waals surface area contributed by atoms with E-state index >= 15 is 0 Å². The van der Waals surface area contributed by atoms with Gasteiger partial charge in [-0.1, -0.05) is 12.1 Å². The summed E-state index contributed by atoms with van der Waals surface area (Å²) in [4.78, 5) is 4.10. The number of nitrogen functional groups attached to an aromatic ring is 1. The van der Waals surface area contributed by atoms with Gasteiger partial charge in [0.1, 0.15) is 12.2 Å². The lowest BCUT2D eigenvalue weighted by Gasteiger charge is -2.16. The third kappa shape index (κ3) is 1.98. The summed E-state index contributed by atoms with van der Waals surface area (Å²) in [5.74, 6) is 0.794. The van der Waals surface area contributed by atoms with E-state index in [0.29, 0.717) is 0 Å². The topological polar surface area (TPSA) is 79.6 Å². The standard InChI is InChI=1S/C11H15N5/c1-7-4-3-5-9(12)10(7)15-8(2)11-13-6-14-16-11/h3-6,8,15H,12H2,1-2H3,(H,13,14,16). The number of hydrogen-bond acceptors (Lipinski definition) is 4. The molecule has 2 aromatic rings. The lowest BCUT2D eigenvalue weighted by Crippen LogP contribution is -2.11. The van der Waals surface area contributed by atoms with Gasteiger partial charge >= 0.3 is 0 Å². The van der Waals surface area contributed by atoms with Crippen LogP contribution in [0.25, 0.3) is 0 Å². The van der Waals surface area contributed by atoms with E-state index in [2.05, 4.69) is 20.5 Å². The quantitative estimate of drug-likeness (QED) is 0.686. The van der Waals surface area contributed by atoms with Gasteiger partial charge in [0.2, 0.25) is 0 Å². The average molecular weight is 217 g/mol. The second-order valence-electron chi connectivity index (χ2n) is 3.78. The van der Waals surface area contributed by atoms with Crippen molar-refractivity contribution < 1.29 is 0 Å². The summed E-state index contributed by atoms with van der Waals surface area (Å²) >= 11 is 0. The number of nitrogens with one attached hydrogen (secondary N) is 2. The molecule has 16 heavy (non-hydrogen) atoms. The minimum Gasteiger partial charge on any atom is -0.397 e. The molecule has 1 atom stereocenters. The Labute approximate surface area is 94.1 Å². The Morgan fingerprint density at radius 2 is 2.25 bits per heavy atom. The fraction of sp³-hybridized carbons (Fsp3) is 0.273. The normalized spacial score (nSPS) is 12.4. The molecule has 0 radical (unpaired) electrons. The minimum absolute atomic E-state index is 0.0471. The summed E-state index contributed by atoms with van der Waals surface area (Å²) < 4.78 is 0. The molecule has 84 valence electrons. The van der Waals surface area contributed by atoms with Gasteiger partial charge in [-0.05, 0) is 25.5 Å². The van der Waals surface area contributed by atoms with Crippen LogP contribution in [0, 0.1) is 6.92 Å². The molecule has 0 fully saturated rings. The molecule has 1 heterocycles. The molecule has 0 bridgehead atoms. The number of H-pyrrole nitrogens is 1. The van der Waals surface area contributed by atoms with Gasteiger partial charge < -0.3 is 11.1 Å². The van der Waals surface area contributed by atoms with Gasteiger partial charge in [0.25, 0.3) is 0 Å². The number of anilines is 2. The number of nitrogens with zero attached hydrogens (tertiary/aromatic N) is 2. The first-order chi connectivity index (χ1) is 7.68. The van der Waals surface area contributed by atoms with Crippen LogP contribution in [0.15, 0.2) is 24.5 Å². The summed E-state index contributed by atoms with van der Waals surface area (Å²) in [6.45, 7) is 4.03. The van der Waals surface area contributed by atoms with Gasteiger partial charge in [0, 0.05) is 0 Å². The Morgan fingerprint density at radius 3 is 2.88 bits per heavy atom. The van der Waals surface area contributed by atoms with Crippen molar-refractivity contribution in [3.63, 3.8) is 0 Å². The summed E-state index contributed by atoms with van der Waals surface area (Å²) in [6, 6.07) is 5.88. The van der Waals surface area contributed by atoms with Crippen LogP contribution in [0.2, 0.25) is 0 Å². The molecule has 5 nitrogen and oxygen atoms in total. The van der Waals surface area contributed by atoms with Crippen molar-refractivity contribution in [2.24, 2.45) is 0 Å². The zero-order chi connectivity index (χ0) is 11.5. The van der Waals surface area contributed by atoms with Crippen molar-refractivity contribution in [3.05, 3.63) is 35.9 Å². The predicted molar refractivity (Wildman–Crippen MR) is 64.0 cm³/mol. The van der Waals surface area contributed by atoms with Gasteiger partial charge in [-0.3, -0.25) is 5.10 Å². The van der Waals surface area contributed by atoms with Crippen LogP contribution < -0.4 is 11.1 Å². The molecule has 0 amide bonds. The highest BCUT2D eigenvalue weighted by atomic mass is 15.2. The monoisotopic (exact) mass is 217 g/mol. The first-order valence-corrected chi connectivity index (χ1v) is 5.15. The van der Waals surface area contributed by atoms with Crippen molar-refractivity contribution in [1.29, 1.82) is 0 Å². The number of aromatic nitrogens is 3. The highest BCUT2D eigenvalue weighted by Crippen LogP contribution is 2.26. The smallest absolute Gasteiger partial charge is 0.146 e. The van der Waals surface area contributed by atoms with Crippen molar-refractivity contribution in [3.8, 4) is 0 Å². The maximum absolute atomic E-state index is 5.91. The molecule has 0 aliphatic rings. The molecular formula is C11H15N5. The van der Waals surface area contributed by atoms with Crippen LogP contribution in [-0.4, -0.2) is 15.2 Å². The molecule has 1 aromatic heterocycles. The lowest BCUT2D eigenvalue weighted by molar-refractivity contribution is 0.795. The number of para-hydroxylation sites is 1. The molecule has 0 spiro atoms. The van der Waals surface area contributed by atoms with Crippen LogP contribution in [0.3, 0.4) is 0 Å². The lowest BCUT2D eigenvalue weighted by atomic mass is 10.1. The summed E-state index contributed by atoms with van der Waals surface area (Å²) in [6.07, 6.45) is 1.49. The second-order valence-corrected chi connectivity index (χ2v) is 3.78. The first kappa shape index (κ1) is 10.5. The van der Waals surface area contributed by atoms with Gasteiger partial charge in [0.15, 0.2) is 0 Å². The Hall–Kier alpha value is -2.04. The van der Waals surface area contributed by atoms with Crippen molar-refractivity contribution >= 4 is 11.4 Å². The van der Waals surface area contributed by atoms with Crippen molar-refractivity contribution in [1.82, 2.24) is 15.2 Å². The maximum atomic E-state index is 5.91. The summed E-state index contributed by atoms with van der Waals surface area (Å²) in [7, 11) is 0. The second kappa shape index (κ2) is 4.22. The molecule has 4 N–H and O–H groups in total. The number of hydrogen-bond donors (Lipinski definition) is 3. The van der Waals surface area contributed by atoms with Crippen LogP contribution in [0.1, 0.15) is 24.4 Å². The predicted octanol–water partition coefficient (Wildman–Crippen LogP) is 1.87. The fourth-order valence-electron chi connectivity index (χ4n) is 1.60. The average Bonchev–Trinajstić information content (AvgIpc) is 2.76. The Kier molecular flexibility index (Phi) is 2.76. The third-order valence-electron chi connectivity index (χ3n) is 2.51. The van der Waals surface area contributed by atoms with Crippen molar-refractivity contribution in [2.75, 3.05) is 11.1 Å². The molecule has 2 rings (SSSR count). The summed E-state index contributed by atoms with van der Waals surface area (Å²) in [5.41, 5.74) is 8.72. The van der Waals surface area contributed by atoms with E-state index in [-0.39, 0.29) is 6.04 Å². The molecule has 0 aliphatic carbocycles. The first-order valence-electron chi connectivity index (χ1n) is 5.15. The largest absolute Gasteiger partial charge is 0.397 e. The maximum Gasteiger partial charge on any atom is 0.146 e. The minimum atomic E-state index is 0.0471. The fourth-order valence-corrected chi connectivity index (χ4v) is 1.60.